The zero-order chi connectivity index (χ0) is 15.9. The van der Waals surface area contributed by atoms with Crippen molar-refractivity contribution in [3.63, 3.8) is 0 Å². The average molecular weight is 310 g/mol. The highest BCUT2D eigenvalue weighted by Gasteiger charge is 2.23. The van der Waals surface area contributed by atoms with Crippen LogP contribution in [0.5, 0.6) is 0 Å². The quantitative estimate of drug-likeness (QED) is 0.427. The lowest BCUT2D eigenvalue weighted by Gasteiger charge is -2.19. The molecule has 2 atom stereocenters. The van der Waals surface area contributed by atoms with Gasteiger partial charge in [0.25, 0.3) is 0 Å². The van der Waals surface area contributed by atoms with Gasteiger partial charge < -0.3 is 15.5 Å². The molecule has 0 heterocycles. The van der Waals surface area contributed by atoms with Crippen LogP contribution in [0.2, 0.25) is 0 Å². The number of nitrogens with one attached hydrogen (secondary N) is 2. The van der Waals surface area contributed by atoms with Crippen molar-refractivity contribution in [1.82, 2.24) is 10.0 Å². The number of carbonyl (C=O) groups is 2. The molecule has 0 saturated carbocycles. The Bertz CT molecular complexity index is 434. The van der Waals surface area contributed by atoms with Crippen LogP contribution in [0.25, 0.3) is 0 Å². The van der Waals surface area contributed by atoms with E-state index < -0.39 is 34.0 Å². The van der Waals surface area contributed by atoms with Gasteiger partial charge in [0.1, 0.15) is 6.04 Å². The number of hydrogen-bond acceptors (Lipinski definition) is 5. The van der Waals surface area contributed by atoms with Crippen molar-refractivity contribution >= 4 is 21.9 Å². The number of sulfonamides is 1. The van der Waals surface area contributed by atoms with Crippen LogP contribution in [0.3, 0.4) is 0 Å². The van der Waals surface area contributed by atoms with E-state index in [1.54, 1.807) is 0 Å². The third-order valence-corrected chi connectivity index (χ3v) is 3.09. The van der Waals surface area contributed by atoms with Crippen molar-refractivity contribution in [1.29, 1.82) is 0 Å². The molecule has 9 heteroatoms. The van der Waals surface area contributed by atoms with Gasteiger partial charge >= 0.3 is 5.97 Å². The largest absolute Gasteiger partial charge is 0.479 e. The van der Waals surface area contributed by atoms with E-state index in [-0.39, 0.29) is 18.9 Å². The molecule has 1 amide bonds. The molecule has 4 N–H and O–H groups in total. The van der Waals surface area contributed by atoms with E-state index in [0.29, 0.717) is 6.42 Å². The second-order valence-corrected chi connectivity index (χ2v) is 6.79. The molecule has 0 radical (unpaired) electrons. The average Bonchev–Trinajstić information content (AvgIpc) is 2.24. The monoisotopic (exact) mass is 310 g/mol. The van der Waals surface area contributed by atoms with Crippen LogP contribution in [-0.2, 0) is 19.6 Å². The second-order valence-electron chi connectivity index (χ2n) is 5.01. The van der Waals surface area contributed by atoms with Gasteiger partial charge in [-0.1, -0.05) is 13.8 Å². The van der Waals surface area contributed by atoms with Crippen LogP contribution in [0.15, 0.2) is 0 Å². The summed E-state index contributed by atoms with van der Waals surface area (Å²) in [5.41, 5.74) is 0. The minimum atomic E-state index is -3.52. The molecular weight excluding hydrogens is 288 g/mol. The van der Waals surface area contributed by atoms with Gasteiger partial charge in [-0.05, 0) is 12.3 Å². The summed E-state index contributed by atoms with van der Waals surface area (Å²) in [5.74, 6) is -1.81. The predicted octanol–water partition coefficient (Wildman–Crippen LogP) is -1.10. The summed E-state index contributed by atoms with van der Waals surface area (Å²) in [6.45, 7) is 3.64. The van der Waals surface area contributed by atoms with Crippen molar-refractivity contribution in [3.8, 4) is 0 Å². The summed E-state index contributed by atoms with van der Waals surface area (Å²) in [6.07, 6.45) is -0.419. The molecule has 0 aliphatic heterocycles. The molecule has 118 valence electrons. The first kappa shape index (κ1) is 18.8. The summed E-state index contributed by atoms with van der Waals surface area (Å²) >= 11 is 0. The zero-order valence-corrected chi connectivity index (χ0v) is 12.6. The summed E-state index contributed by atoms with van der Waals surface area (Å²) in [5, 5.41) is 19.9. The number of aliphatic hydroxyl groups excluding tert-OH is 1. The standard InChI is InChI=1S/C11H22N2O6S/c1-7(2)6-8(13-20(3,18)19)10(15)12-5-4-9(14)11(16)17/h7-9,13-14H,4-6H2,1-3H3,(H,12,15)(H,16,17). The van der Waals surface area contributed by atoms with E-state index in [9.17, 15) is 18.0 Å². The Hall–Kier alpha value is -1.19. The number of rotatable bonds is 9. The Labute approximate surface area is 118 Å². The third kappa shape index (κ3) is 8.83. The second kappa shape index (κ2) is 8.18. The number of aliphatic carboxylic acids is 1. The van der Waals surface area contributed by atoms with Crippen molar-refractivity contribution in [2.75, 3.05) is 12.8 Å². The van der Waals surface area contributed by atoms with E-state index >= 15 is 0 Å². The lowest BCUT2D eigenvalue weighted by Crippen LogP contribution is -2.47. The van der Waals surface area contributed by atoms with Crippen molar-refractivity contribution in [2.45, 2.75) is 38.8 Å². The predicted molar refractivity (Wildman–Crippen MR) is 72.5 cm³/mol. The van der Waals surface area contributed by atoms with Crippen LogP contribution in [0, 0.1) is 5.92 Å². The zero-order valence-electron chi connectivity index (χ0n) is 11.8. The van der Waals surface area contributed by atoms with Gasteiger partial charge in [0.2, 0.25) is 15.9 Å². The van der Waals surface area contributed by atoms with Crippen LogP contribution in [0.4, 0.5) is 0 Å². The van der Waals surface area contributed by atoms with Crippen molar-refractivity contribution in [2.24, 2.45) is 5.92 Å². The summed E-state index contributed by atoms with van der Waals surface area (Å²) in [6, 6.07) is -0.910. The molecule has 0 spiro atoms. The molecule has 0 bridgehead atoms. The Morgan fingerprint density at radius 2 is 1.80 bits per heavy atom. The number of carboxylic acid groups (broad SMARTS) is 1. The highest BCUT2D eigenvalue weighted by molar-refractivity contribution is 7.88. The first-order chi connectivity index (χ1) is 9.03. The normalized spacial score (nSPS) is 14.8. The van der Waals surface area contributed by atoms with E-state index in [4.69, 9.17) is 10.2 Å². The number of carbonyl (C=O) groups excluding carboxylic acids is 1. The van der Waals surface area contributed by atoms with E-state index in [1.807, 2.05) is 13.8 Å². The number of aliphatic hydroxyl groups is 1. The first-order valence-electron chi connectivity index (χ1n) is 6.18. The molecule has 0 aromatic carbocycles. The number of hydrogen-bond donors (Lipinski definition) is 4. The molecule has 8 nitrogen and oxygen atoms in total. The summed E-state index contributed by atoms with van der Waals surface area (Å²) in [7, 11) is -3.52. The topological polar surface area (TPSA) is 133 Å². The summed E-state index contributed by atoms with van der Waals surface area (Å²) in [4.78, 5) is 22.2. The van der Waals surface area contributed by atoms with Crippen LogP contribution < -0.4 is 10.0 Å². The lowest BCUT2D eigenvalue weighted by molar-refractivity contribution is -0.147. The van der Waals surface area contributed by atoms with Gasteiger partial charge in [-0.15, -0.1) is 0 Å². The molecule has 20 heavy (non-hydrogen) atoms. The highest BCUT2D eigenvalue weighted by Crippen LogP contribution is 2.06. The molecule has 0 aromatic rings. The molecule has 0 rings (SSSR count). The molecule has 0 aliphatic rings. The molecular formula is C11H22N2O6S. The lowest BCUT2D eigenvalue weighted by atomic mass is 10.0. The van der Waals surface area contributed by atoms with Crippen molar-refractivity contribution < 1.29 is 28.2 Å². The van der Waals surface area contributed by atoms with Gasteiger partial charge in [0, 0.05) is 13.0 Å². The van der Waals surface area contributed by atoms with Crippen LogP contribution in [0.1, 0.15) is 26.7 Å². The highest BCUT2D eigenvalue weighted by atomic mass is 32.2. The fourth-order valence-corrected chi connectivity index (χ4v) is 2.24. The van der Waals surface area contributed by atoms with Crippen LogP contribution in [-0.4, -0.2) is 55.5 Å². The third-order valence-electron chi connectivity index (χ3n) is 2.38. The molecule has 0 saturated heterocycles. The first-order valence-corrected chi connectivity index (χ1v) is 8.08. The van der Waals surface area contributed by atoms with Gasteiger partial charge in [-0.3, -0.25) is 4.79 Å². The van der Waals surface area contributed by atoms with E-state index in [2.05, 4.69) is 10.0 Å². The Morgan fingerprint density at radius 3 is 2.20 bits per heavy atom. The van der Waals surface area contributed by atoms with Gasteiger partial charge in [-0.25, -0.2) is 17.9 Å². The fourth-order valence-electron chi connectivity index (χ4n) is 1.52. The minimum absolute atomic E-state index is 0.0493. The van der Waals surface area contributed by atoms with Crippen molar-refractivity contribution in [3.05, 3.63) is 0 Å². The van der Waals surface area contributed by atoms with Gasteiger partial charge in [0.15, 0.2) is 6.10 Å². The van der Waals surface area contributed by atoms with Gasteiger partial charge in [-0.2, -0.15) is 0 Å². The Kier molecular flexibility index (Phi) is 7.69. The molecule has 2 unspecified atom stereocenters. The Balaban J connectivity index is 4.45. The SMILES string of the molecule is CC(C)CC(NS(C)(=O)=O)C(=O)NCCC(O)C(=O)O. The van der Waals surface area contributed by atoms with E-state index in [1.165, 1.54) is 0 Å². The maximum Gasteiger partial charge on any atom is 0.332 e. The smallest absolute Gasteiger partial charge is 0.332 e. The fraction of sp³-hybridized carbons (Fsp3) is 0.818. The summed E-state index contributed by atoms with van der Waals surface area (Å²) < 4.78 is 24.6. The minimum Gasteiger partial charge on any atom is -0.479 e. The van der Waals surface area contributed by atoms with Gasteiger partial charge in [0.05, 0.1) is 6.26 Å². The van der Waals surface area contributed by atoms with E-state index in [0.717, 1.165) is 6.26 Å². The maximum atomic E-state index is 11.8. The number of carboxylic acids is 1. The molecule has 0 fully saturated rings. The van der Waals surface area contributed by atoms with Crippen LogP contribution >= 0.6 is 0 Å². The maximum absolute atomic E-state index is 11.8. The molecule has 0 aromatic heterocycles. The Morgan fingerprint density at radius 1 is 1.25 bits per heavy atom. The number of amides is 1. The molecule has 0 aliphatic carbocycles.